The summed E-state index contributed by atoms with van der Waals surface area (Å²) < 4.78 is 5.83. The van der Waals surface area contributed by atoms with Crippen LogP contribution >= 0.6 is 0 Å². The van der Waals surface area contributed by atoms with Gasteiger partial charge in [-0.3, -0.25) is 9.78 Å². The zero-order chi connectivity index (χ0) is 16.7. The second-order valence-electron chi connectivity index (χ2n) is 5.68. The monoisotopic (exact) mass is 326 g/mol. The van der Waals surface area contributed by atoms with E-state index < -0.39 is 6.16 Å². The minimum atomic E-state index is -1.43. The fourth-order valence-electron chi connectivity index (χ4n) is 3.11. The molecule has 122 valence electrons. The molecule has 1 aliphatic carbocycles. The molecule has 0 aliphatic heterocycles. The largest absolute Gasteiger partial charge is 0.511 e. The van der Waals surface area contributed by atoms with Gasteiger partial charge >= 0.3 is 6.16 Å². The van der Waals surface area contributed by atoms with Crippen molar-refractivity contribution < 1.29 is 14.6 Å². The molecule has 0 bridgehead atoms. The number of hydrogen-bond acceptors (Lipinski definition) is 5. The van der Waals surface area contributed by atoms with Crippen LogP contribution in [0.25, 0.3) is 16.9 Å². The van der Waals surface area contributed by atoms with E-state index in [9.17, 15) is 9.59 Å². The van der Waals surface area contributed by atoms with E-state index in [0.29, 0.717) is 10.9 Å². The Hall–Kier alpha value is -3.16. The molecule has 0 fully saturated rings. The van der Waals surface area contributed by atoms with Crippen LogP contribution in [0.15, 0.2) is 29.3 Å². The number of carboxylic acid groups (broad SMARTS) is 1. The lowest BCUT2D eigenvalue weighted by Crippen LogP contribution is -2.16. The quantitative estimate of drug-likeness (QED) is 0.697. The Kier molecular flexibility index (Phi) is 3.30. The first-order chi connectivity index (χ1) is 11.6. The fourth-order valence-corrected chi connectivity index (χ4v) is 3.11. The van der Waals surface area contributed by atoms with E-state index in [-0.39, 0.29) is 17.3 Å². The average Bonchev–Trinajstić information content (AvgIpc) is 3.02. The summed E-state index contributed by atoms with van der Waals surface area (Å²) in [5, 5.41) is 13.2. The first-order valence-electron chi connectivity index (χ1n) is 7.62. The Morgan fingerprint density at radius 3 is 2.96 bits per heavy atom. The standard InChI is InChI=1S/C16H14N4O4/c21-14-12-6-5-9-3-1-2-4-11(9)13(12)18-15(19-14)20-8-10(7-17-20)24-16(22)23/h5-8H,1-4H2,(H,22,23)(H,18,19,21). The van der Waals surface area contributed by atoms with Gasteiger partial charge in [-0.25, -0.2) is 14.5 Å². The number of nitrogens with one attached hydrogen (secondary N) is 1. The second-order valence-corrected chi connectivity index (χ2v) is 5.68. The first-order valence-corrected chi connectivity index (χ1v) is 7.62. The van der Waals surface area contributed by atoms with Crippen molar-refractivity contribution >= 4 is 17.1 Å². The van der Waals surface area contributed by atoms with Crippen LogP contribution in [-0.2, 0) is 12.8 Å². The van der Waals surface area contributed by atoms with Crippen molar-refractivity contribution in [2.75, 3.05) is 0 Å². The van der Waals surface area contributed by atoms with Crippen molar-refractivity contribution in [1.82, 2.24) is 19.7 Å². The number of benzene rings is 1. The van der Waals surface area contributed by atoms with Gasteiger partial charge in [0, 0.05) is 0 Å². The maximum absolute atomic E-state index is 12.4. The molecule has 24 heavy (non-hydrogen) atoms. The molecule has 8 heteroatoms. The molecule has 2 heterocycles. The highest BCUT2D eigenvalue weighted by molar-refractivity contribution is 5.83. The summed E-state index contributed by atoms with van der Waals surface area (Å²) in [6, 6.07) is 3.80. The topological polar surface area (TPSA) is 110 Å². The number of aromatic nitrogens is 4. The van der Waals surface area contributed by atoms with Gasteiger partial charge in [0.05, 0.1) is 23.3 Å². The van der Waals surface area contributed by atoms with Crippen LogP contribution in [0.4, 0.5) is 4.79 Å². The van der Waals surface area contributed by atoms with Gasteiger partial charge in [-0.15, -0.1) is 0 Å². The van der Waals surface area contributed by atoms with Gasteiger partial charge < -0.3 is 9.84 Å². The fraction of sp³-hybridized carbons (Fsp3) is 0.250. The zero-order valence-electron chi connectivity index (χ0n) is 12.7. The number of nitrogens with zero attached hydrogens (tertiary/aromatic N) is 3. The smallest absolute Gasteiger partial charge is 0.449 e. The third-order valence-electron chi connectivity index (χ3n) is 4.17. The minimum Gasteiger partial charge on any atom is -0.449 e. The van der Waals surface area contributed by atoms with Crippen molar-refractivity contribution in [3.63, 3.8) is 0 Å². The SMILES string of the molecule is O=C(O)Oc1cnn(-c2nc3c4c(ccc3c(=O)[nH]2)CCCC4)c1. The van der Waals surface area contributed by atoms with Crippen molar-refractivity contribution in [2.45, 2.75) is 25.7 Å². The molecular formula is C16H14N4O4. The number of fused-ring (bicyclic) bond motifs is 3. The van der Waals surface area contributed by atoms with E-state index in [4.69, 9.17) is 5.11 Å². The number of H-pyrrole nitrogens is 1. The third-order valence-corrected chi connectivity index (χ3v) is 4.17. The van der Waals surface area contributed by atoms with Crippen LogP contribution in [0.1, 0.15) is 24.0 Å². The average molecular weight is 326 g/mol. The summed E-state index contributed by atoms with van der Waals surface area (Å²) in [5.74, 6) is 0.284. The Bertz CT molecular complexity index is 1000. The van der Waals surface area contributed by atoms with Gasteiger partial charge in [0.1, 0.15) is 0 Å². The molecular weight excluding hydrogens is 312 g/mol. The van der Waals surface area contributed by atoms with Gasteiger partial charge in [0.15, 0.2) is 5.75 Å². The Labute approximate surface area is 135 Å². The van der Waals surface area contributed by atoms with Crippen LogP contribution in [0, 0.1) is 0 Å². The predicted molar refractivity (Wildman–Crippen MR) is 84.8 cm³/mol. The second kappa shape index (κ2) is 5.48. The normalized spacial score (nSPS) is 13.7. The summed E-state index contributed by atoms with van der Waals surface area (Å²) in [7, 11) is 0. The first kappa shape index (κ1) is 14.4. The molecule has 3 aromatic rings. The maximum atomic E-state index is 12.4. The van der Waals surface area contributed by atoms with Gasteiger partial charge in [-0.05, 0) is 42.9 Å². The molecule has 0 spiro atoms. The van der Waals surface area contributed by atoms with E-state index in [1.165, 1.54) is 22.6 Å². The van der Waals surface area contributed by atoms with Gasteiger partial charge in [-0.1, -0.05) is 6.07 Å². The molecule has 8 nitrogen and oxygen atoms in total. The van der Waals surface area contributed by atoms with Crippen LogP contribution in [0.2, 0.25) is 0 Å². The Balaban J connectivity index is 1.86. The molecule has 1 aromatic carbocycles. The third kappa shape index (κ3) is 2.41. The summed E-state index contributed by atoms with van der Waals surface area (Å²) in [4.78, 5) is 30.2. The minimum absolute atomic E-state index is 0.0559. The lowest BCUT2D eigenvalue weighted by molar-refractivity contribution is 0.144. The lowest BCUT2D eigenvalue weighted by atomic mass is 9.90. The van der Waals surface area contributed by atoms with E-state index in [1.807, 2.05) is 6.07 Å². The van der Waals surface area contributed by atoms with Crippen LogP contribution in [-0.4, -0.2) is 31.0 Å². The summed E-state index contributed by atoms with van der Waals surface area (Å²) in [5.41, 5.74) is 2.77. The van der Waals surface area contributed by atoms with E-state index in [1.54, 1.807) is 6.07 Å². The molecule has 0 radical (unpaired) electrons. The summed E-state index contributed by atoms with van der Waals surface area (Å²) in [6.45, 7) is 0. The van der Waals surface area contributed by atoms with Gasteiger partial charge in [0.25, 0.3) is 5.56 Å². The Morgan fingerprint density at radius 2 is 2.12 bits per heavy atom. The maximum Gasteiger partial charge on any atom is 0.511 e. The van der Waals surface area contributed by atoms with E-state index in [0.717, 1.165) is 31.2 Å². The number of aryl methyl sites for hydroxylation is 2. The number of aromatic amines is 1. The molecule has 0 saturated carbocycles. The van der Waals surface area contributed by atoms with Crippen molar-refractivity contribution in [3.05, 3.63) is 46.0 Å². The van der Waals surface area contributed by atoms with Crippen molar-refractivity contribution in [1.29, 1.82) is 0 Å². The number of hydrogen-bond donors (Lipinski definition) is 2. The zero-order valence-corrected chi connectivity index (χ0v) is 12.7. The predicted octanol–water partition coefficient (Wildman–Crippen LogP) is 2.04. The van der Waals surface area contributed by atoms with Crippen LogP contribution in [0.5, 0.6) is 5.75 Å². The molecule has 0 amide bonds. The molecule has 0 saturated heterocycles. The lowest BCUT2D eigenvalue weighted by Gasteiger charge is -2.17. The van der Waals surface area contributed by atoms with Gasteiger partial charge in [-0.2, -0.15) is 5.10 Å². The molecule has 0 unspecified atom stereocenters. The summed E-state index contributed by atoms with van der Waals surface area (Å²) >= 11 is 0. The molecule has 4 rings (SSSR count). The Morgan fingerprint density at radius 1 is 1.29 bits per heavy atom. The van der Waals surface area contributed by atoms with Crippen LogP contribution in [0.3, 0.4) is 0 Å². The number of carbonyl (C=O) groups is 1. The van der Waals surface area contributed by atoms with Crippen molar-refractivity contribution in [2.24, 2.45) is 0 Å². The van der Waals surface area contributed by atoms with Crippen molar-refractivity contribution in [3.8, 4) is 11.7 Å². The molecule has 0 atom stereocenters. The molecule has 1 aliphatic rings. The van der Waals surface area contributed by atoms with E-state index in [2.05, 4.69) is 19.8 Å². The molecule has 2 aromatic heterocycles. The highest BCUT2D eigenvalue weighted by atomic mass is 16.7. The number of rotatable bonds is 2. The number of ether oxygens (including phenoxy) is 1. The van der Waals surface area contributed by atoms with Crippen LogP contribution < -0.4 is 10.3 Å². The highest BCUT2D eigenvalue weighted by Gasteiger charge is 2.16. The highest BCUT2D eigenvalue weighted by Crippen LogP contribution is 2.26. The van der Waals surface area contributed by atoms with Gasteiger partial charge in [0.2, 0.25) is 5.95 Å². The van der Waals surface area contributed by atoms with E-state index >= 15 is 0 Å². The molecule has 2 N–H and O–H groups in total. The summed E-state index contributed by atoms with van der Waals surface area (Å²) in [6.07, 6.45) is 5.29.